The molecule has 1 unspecified atom stereocenters. The Hall–Kier alpha value is -3.31. The molecule has 0 fully saturated rings. The average molecular weight is 448 g/mol. The molecular weight excluding hydrogens is 414 g/mol. The van der Waals surface area contributed by atoms with E-state index in [9.17, 15) is 4.79 Å². The number of ether oxygens (including phenoxy) is 3. The highest BCUT2D eigenvalue weighted by atomic mass is 16.5. The molecule has 0 spiro atoms. The van der Waals surface area contributed by atoms with Crippen LogP contribution in [0.5, 0.6) is 11.5 Å². The number of rotatable bonds is 10. The van der Waals surface area contributed by atoms with Crippen molar-refractivity contribution in [1.82, 2.24) is 5.32 Å². The van der Waals surface area contributed by atoms with Gasteiger partial charge in [-0.25, -0.2) is 0 Å². The largest absolute Gasteiger partial charge is 0.497 e. The van der Waals surface area contributed by atoms with Gasteiger partial charge in [0.25, 0.3) is 0 Å². The van der Waals surface area contributed by atoms with Gasteiger partial charge in [0, 0.05) is 7.05 Å². The van der Waals surface area contributed by atoms with Crippen LogP contribution in [0.1, 0.15) is 37.0 Å². The molecule has 0 radical (unpaired) electrons. The molecule has 0 saturated heterocycles. The van der Waals surface area contributed by atoms with Crippen LogP contribution in [0.3, 0.4) is 0 Å². The van der Waals surface area contributed by atoms with Crippen LogP contribution >= 0.6 is 0 Å². The topological polar surface area (TPSA) is 56.8 Å². The number of benzene rings is 3. The molecule has 0 aromatic heterocycles. The van der Waals surface area contributed by atoms with E-state index in [1.165, 1.54) is 0 Å². The van der Waals surface area contributed by atoms with Gasteiger partial charge in [0.15, 0.2) is 0 Å². The van der Waals surface area contributed by atoms with Crippen LogP contribution in [0.15, 0.2) is 78.9 Å². The maximum absolute atomic E-state index is 12.7. The first-order chi connectivity index (χ1) is 15.9. The van der Waals surface area contributed by atoms with Gasteiger partial charge < -0.3 is 19.5 Å². The van der Waals surface area contributed by atoms with E-state index in [1.807, 2.05) is 80.6 Å². The van der Waals surface area contributed by atoms with E-state index in [-0.39, 0.29) is 12.5 Å². The minimum absolute atomic E-state index is 0.0450. The number of carbonyl (C=O) groups is 1. The summed E-state index contributed by atoms with van der Waals surface area (Å²) in [6, 6.07) is 25.9. The highest BCUT2D eigenvalue weighted by Gasteiger charge is 2.41. The summed E-state index contributed by atoms with van der Waals surface area (Å²) < 4.78 is 17.7. The Morgan fingerprint density at radius 3 is 1.64 bits per heavy atom. The lowest BCUT2D eigenvalue weighted by Crippen LogP contribution is -2.44. The number of amides is 1. The van der Waals surface area contributed by atoms with Crippen LogP contribution < -0.4 is 14.8 Å². The fourth-order valence-corrected chi connectivity index (χ4v) is 3.97. The van der Waals surface area contributed by atoms with Gasteiger partial charge in [-0.3, -0.25) is 4.79 Å². The fraction of sp³-hybridized carbons (Fsp3) is 0.321. The smallest absolute Gasteiger partial charge is 0.228 e. The van der Waals surface area contributed by atoms with Crippen molar-refractivity contribution in [2.24, 2.45) is 5.41 Å². The van der Waals surface area contributed by atoms with Crippen molar-refractivity contribution >= 4 is 5.91 Å². The van der Waals surface area contributed by atoms with Gasteiger partial charge in [0.2, 0.25) is 5.91 Å². The number of methoxy groups -OCH3 is 2. The minimum atomic E-state index is -0.940. The Morgan fingerprint density at radius 1 is 0.788 bits per heavy atom. The number of carbonyl (C=O) groups excluding carboxylic acids is 1. The van der Waals surface area contributed by atoms with E-state index < -0.39 is 11.0 Å². The van der Waals surface area contributed by atoms with Crippen LogP contribution in [0.2, 0.25) is 0 Å². The van der Waals surface area contributed by atoms with E-state index in [4.69, 9.17) is 14.2 Å². The molecule has 1 N–H and O–H groups in total. The number of hydrogen-bond acceptors (Lipinski definition) is 4. The summed E-state index contributed by atoms with van der Waals surface area (Å²) in [6.07, 6.45) is 0.642. The van der Waals surface area contributed by atoms with Crippen molar-refractivity contribution in [1.29, 1.82) is 0 Å². The van der Waals surface area contributed by atoms with Gasteiger partial charge >= 0.3 is 0 Å². The minimum Gasteiger partial charge on any atom is -0.497 e. The van der Waals surface area contributed by atoms with E-state index in [0.717, 1.165) is 28.2 Å². The molecule has 0 bridgehead atoms. The summed E-state index contributed by atoms with van der Waals surface area (Å²) >= 11 is 0. The molecule has 174 valence electrons. The Kier molecular flexibility index (Phi) is 7.77. The van der Waals surface area contributed by atoms with Crippen LogP contribution in [-0.4, -0.2) is 33.8 Å². The fourth-order valence-electron chi connectivity index (χ4n) is 3.97. The summed E-state index contributed by atoms with van der Waals surface area (Å²) in [7, 11) is 4.96. The third-order valence-corrected chi connectivity index (χ3v) is 6.34. The molecule has 3 rings (SSSR count). The zero-order valence-electron chi connectivity index (χ0n) is 20.1. The summed E-state index contributed by atoms with van der Waals surface area (Å²) in [4.78, 5) is 12.7. The van der Waals surface area contributed by atoms with E-state index in [1.54, 1.807) is 21.3 Å². The van der Waals surface area contributed by atoms with Gasteiger partial charge in [-0.1, -0.05) is 61.5 Å². The van der Waals surface area contributed by atoms with Gasteiger partial charge in [-0.15, -0.1) is 0 Å². The lowest BCUT2D eigenvalue weighted by atomic mass is 9.79. The van der Waals surface area contributed by atoms with Crippen molar-refractivity contribution in [3.8, 4) is 11.5 Å². The molecule has 1 atom stereocenters. The summed E-state index contributed by atoms with van der Waals surface area (Å²) in [6.45, 7) is 4.17. The van der Waals surface area contributed by atoms with Crippen LogP contribution in [0.4, 0.5) is 0 Å². The standard InChI is InChI=1S/C28H33NO4/c1-6-27(2,26(30)29-3)20-33-28(21-10-8-7-9-11-21,22-12-16-24(31-4)17-13-22)23-14-18-25(32-5)19-15-23/h7-19H,6,20H2,1-5H3,(H,29,30). The van der Waals surface area contributed by atoms with Crippen molar-refractivity contribution < 1.29 is 19.0 Å². The summed E-state index contributed by atoms with van der Waals surface area (Å²) in [5.41, 5.74) is 1.22. The van der Waals surface area contributed by atoms with Crippen molar-refractivity contribution in [3.63, 3.8) is 0 Å². The average Bonchev–Trinajstić information content (AvgIpc) is 2.89. The Labute approximate surface area is 196 Å². The normalized spacial score (nSPS) is 13.1. The van der Waals surface area contributed by atoms with Gasteiger partial charge in [0.05, 0.1) is 26.2 Å². The Morgan fingerprint density at radius 2 is 1.24 bits per heavy atom. The number of nitrogens with one attached hydrogen (secondary N) is 1. The van der Waals surface area contributed by atoms with E-state index in [0.29, 0.717) is 6.42 Å². The predicted molar refractivity (Wildman–Crippen MR) is 131 cm³/mol. The molecule has 0 saturated carbocycles. The highest BCUT2D eigenvalue weighted by molar-refractivity contribution is 5.82. The molecule has 3 aromatic rings. The molecule has 33 heavy (non-hydrogen) atoms. The van der Waals surface area contributed by atoms with Crippen molar-refractivity contribution in [2.75, 3.05) is 27.9 Å². The molecule has 5 nitrogen and oxygen atoms in total. The molecular formula is C28H33NO4. The van der Waals surface area contributed by atoms with Gasteiger partial charge in [0.1, 0.15) is 17.1 Å². The van der Waals surface area contributed by atoms with E-state index in [2.05, 4.69) is 17.4 Å². The maximum Gasteiger partial charge on any atom is 0.228 e. The van der Waals surface area contributed by atoms with Crippen molar-refractivity contribution in [2.45, 2.75) is 25.9 Å². The Balaban J connectivity index is 2.23. The van der Waals surface area contributed by atoms with Crippen LogP contribution in [0, 0.1) is 5.41 Å². The number of hydrogen-bond donors (Lipinski definition) is 1. The Bertz CT molecular complexity index is 984. The molecule has 1 amide bonds. The molecule has 3 aromatic carbocycles. The van der Waals surface area contributed by atoms with Gasteiger partial charge in [-0.05, 0) is 54.3 Å². The third-order valence-electron chi connectivity index (χ3n) is 6.34. The molecule has 0 heterocycles. The molecule has 0 aliphatic carbocycles. The van der Waals surface area contributed by atoms with Crippen LogP contribution in [0.25, 0.3) is 0 Å². The molecule has 0 aliphatic rings. The van der Waals surface area contributed by atoms with E-state index >= 15 is 0 Å². The van der Waals surface area contributed by atoms with Crippen LogP contribution in [-0.2, 0) is 15.1 Å². The zero-order valence-corrected chi connectivity index (χ0v) is 20.1. The first-order valence-electron chi connectivity index (χ1n) is 11.1. The zero-order chi connectivity index (χ0) is 23.9. The molecule has 0 aliphatic heterocycles. The summed E-state index contributed by atoms with van der Waals surface area (Å²) in [5, 5.41) is 2.79. The second-order valence-corrected chi connectivity index (χ2v) is 8.29. The molecule has 5 heteroatoms. The van der Waals surface area contributed by atoms with Gasteiger partial charge in [-0.2, -0.15) is 0 Å². The SMILES string of the molecule is CCC(C)(COC(c1ccccc1)(c1ccc(OC)cc1)c1ccc(OC)cc1)C(=O)NC. The highest BCUT2D eigenvalue weighted by Crippen LogP contribution is 2.43. The third kappa shape index (κ3) is 4.88. The van der Waals surface area contributed by atoms with Crippen molar-refractivity contribution in [3.05, 3.63) is 95.6 Å². The quantitative estimate of drug-likeness (QED) is 0.436. The predicted octanol–water partition coefficient (Wildman–Crippen LogP) is 5.17. The second-order valence-electron chi connectivity index (χ2n) is 8.29. The first-order valence-corrected chi connectivity index (χ1v) is 11.1. The lowest BCUT2D eigenvalue weighted by Gasteiger charge is -2.39. The maximum atomic E-state index is 12.7. The first kappa shape index (κ1) is 24.3. The second kappa shape index (κ2) is 10.5. The monoisotopic (exact) mass is 447 g/mol. The summed E-state index contributed by atoms with van der Waals surface area (Å²) in [5.74, 6) is 1.48. The lowest BCUT2D eigenvalue weighted by molar-refractivity contribution is -0.136.